The second-order valence-electron chi connectivity index (χ2n) is 8.78. The van der Waals surface area contributed by atoms with Crippen LogP contribution < -0.4 is 15.4 Å². The fraction of sp³-hybridized carbons (Fsp3) is 0.750. The molecule has 1 N–H and O–H groups in total. The molecule has 13 heteroatoms. The predicted octanol–water partition coefficient (Wildman–Crippen LogP) is 1.38. The first-order valence-corrected chi connectivity index (χ1v) is 12.6. The SMILES string of the molecule is CC1COCCN1c1cc(N2CCN(S(=O)(=O)N3CCCCC3)C[C@H]2C(F)(F)F)[nH]c(=O)c1. The fourth-order valence-electron chi connectivity index (χ4n) is 4.74. The van der Waals surface area contributed by atoms with Gasteiger partial charge in [-0.1, -0.05) is 6.42 Å². The Kier molecular flexibility index (Phi) is 6.95. The normalized spacial score (nSPS) is 26.5. The number of alkyl halides is 3. The predicted molar refractivity (Wildman–Crippen MR) is 118 cm³/mol. The maximum atomic E-state index is 14.1. The van der Waals surface area contributed by atoms with E-state index in [2.05, 4.69) is 4.98 Å². The van der Waals surface area contributed by atoms with Crippen molar-refractivity contribution in [2.24, 2.45) is 0 Å². The quantitative estimate of drug-likeness (QED) is 0.682. The zero-order valence-electron chi connectivity index (χ0n) is 18.6. The van der Waals surface area contributed by atoms with E-state index in [1.807, 2.05) is 11.8 Å². The molecular formula is C20H30F3N5O4S. The molecule has 9 nitrogen and oxygen atoms in total. The average Bonchev–Trinajstić information content (AvgIpc) is 2.78. The minimum absolute atomic E-state index is 0.0293. The summed E-state index contributed by atoms with van der Waals surface area (Å²) in [6.45, 7) is 3.02. The number of hydrogen-bond acceptors (Lipinski definition) is 6. The molecule has 1 aromatic heterocycles. The minimum Gasteiger partial charge on any atom is -0.377 e. The molecule has 0 radical (unpaired) electrons. The summed E-state index contributed by atoms with van der Waals surface area (Å²) in [5, 5.41) is 0. The molecule has 186 valence electrons. The van der Waals surface area contributed by atoms with E-state index in [0.717, 1.165) is 15.6 Å². The first-order chi connectivity index (χ1) is 15.6. The van der Waals surface area contributed by atoms with Gasteiger partial charge >= 0.3 is 6.18 Å². The number of rotatable bonds is 4. The summed E-state index contributed by atoms with van der Waals surface area (Å²) in [4.78, 5) is 17.9. The number of piperazine rings is 1. The van der Waals surface area contributed by atoms with Gasteiger partial charge in [0, 0.05) is 63.1 Å². The van der Waals surface area contributed by atoms with Crippen molar-refractivity contribution >= 4 is 21.7 Å². The lowest BCUT2D eigenvalue weighted by Gasteiger charge is -2.44. The average molecular weight is 494 g/mol. The number of morpholine rings is 1. The Bertz CT molecular complexity index is 996. The zero-order chi connectivity index (χ0) is 23.8. The van der Waals surface area contributed by atoms with Crippen LogP contribution in [0.15, 0.2) is 16.9 Å². The van der Waals surface area contributed by atoms with Crippen LogP contribution in [0.1, 0.15) is 26.2 Å². The molecule has 3 aliphatic rings. The van der Waals surface area contributed by atoms with Gasteiger partial charge in [-0.3, -0.25) is 4.79 Å². The summed E-state index contributed by atoms with van der Waals surface area (Å²) in [6, 6.07) is 0.805. The van der Waals surface area contributed by atoms with Crippen molar-refractivity contribution in [3.05, 3.63) is 22.5 Å². The number of ether oxygens (including phenoxy) is 1. The maximum Gasteiger partial charge on any atom is 0.410 e. The lowest BCUT2D eigenvalue weighted by molar-refractivity contribution is -0.153. The molecular weight excluding hydrogens is 463 g/mol. The minimum atomic E-state index is -4.69. The zero-order valence-corrected chi connectivity index (χ0v) is 19.4. The van der Waals surface area contributed by atoms with Gasteiger partial charge in [-0.2, -0.15) is 30.2 Å². The van der Waals surface area contributed by atoms with Crippen LogP contribution in [0.2, 0.25) is 0 Å². The van der Waals surface area contributed by atoms with Crippen molar-refractivity contribution in [3.63, 3.8) is 0 Å². The number of aromatic nitrogens is 1. The third-order valence-corrected chi connectivity index (χ3v) is 8.51. The molecule has 0 saturated carbocycles. The molecule has 2 atom stereocenters. The van der Waals surface area contributed by atoms with Crippen molar-refractivity contribution in [2.45, 2.75) is 44.4 Å². The number of piperidine rings is 1. The Balaban J connectivity index is 1.61. The van der Waals surface area contributed by atoms with E-state index in [9.17, 15) is 26.4 Å². The van der Waals surface area contributed by atoms with Crippen molar-refractivity contribution in [1.29, 1.82) is 0 Å². The van der Waals surface area contributed by atoms with E-state index in [0.29, 0.717) is 51.4 Å². The third kappa shape index (κ3) is 5.15. The summed E-state index contributed by atoms with van der Waals surface area (Å²) in [5.41, 5.74) is 0.0133. The summed E-state index contributed by atoms with van der Waals surface area (Å²) in [7, 11) is -3.98. The second-order valence-corrected chi connectivity index (χ2v) is 10.7. The summed E-state index contributed by atoms with van der Waals surface area (Å²) >= 11 is 0. The van der Waals surface area contributed by atoms with E-state index in [4.69, 9.17) is 4.74 Å². The molecule has 4 rings (SSSR count). The lowest BCUT2D eigenvalue weighted by atomic mass is 10.1. The van der Waals surface area contributed by atoms with Crippen molar-refractivity contribution in [3.8, 4) is 0 Å². The molecule has 0 bridgehead atoms. The molecule has 3 fully saturated rings. The number of halogens is 3. The van der Waals surface area contributed by atoms with Crippen molar-refractivity contribution in [1.82, 2.24) is 13.6 Å². The van der Waals surface area contributed by atoms with E-state index in [-0.39, 0.29) is 24.9 Å². The van der Waals surface area contributed by atoms with E-state index < -0.39 is 34.5 Å². The van der Waals surface area contributed by atoms with Gasteiger partial charge in [-0.05, 0) is 19.8 Å². The number of hydrogen-bond donors (Lipinski definition) is 1. The Morgan fingerprint density at radius 2 is 1.73 bits per heavy atom. The molecule has 0 aromatic carbocycles. The lowest BCUT2D eigenvalue weighted by Crippen LogP contribution is -2.62. The largest absolute Gasteiger partial charge is 0.410 e. The molecule has 1 unspecified atom stereocenters. The molecule has 4 heterocycles. The van der Waals surface area contributed by atoms with Crippen molar-refractivity contribution < 1.29 is 26.3 Å². The van der Waals surface area contributed by atoms with Gasteiger partial charge in [0.2, 0.25) is 0 Å². The molecule has 0 aliphatic carbocycles. The highest BCUT2D eigenvalue weighted by Crippen LogP contribution is 2.33. The van der Waals surface area contributed by atoms with Crippen LogP contribution in [-0.2, 0) is 14.9 Å². The van der Waals surface area contributed by atoms with Gasteiger partial charge in [-0.15, -0.1) is 0 Å². The number of nitrogens with zero attached hydrogens (tertiary/aromatic N) is 4. The van der Waals surface area contributed by atoms with Gasteiger partial charge in [0.1, 0.15) is 11.9 Å². The summed E-state index contributed by atoms with van der Waals surface area (Å²) in [6.07, 6.45) is -2.36. The molecule has 33 heavy (non-hydrogen) atoms. The Hall–Kier alpha value is -1.83. The smallest absolute Gasteiger partial charge is 0.377 e. The highest BCUT2D eigenvalue weighted by molar-refractivity contribution is 7.86. The van der Waals surface area contributed by atoms with Crippen LogP contribution in [-0.4, -0.2) is 92.8 Å². The molecule has 0 spiro atoms. The second kappa shape index (κ2) is 9.43. The molecule has 3 saturated heterocycles. The number of anilines is 2. The topological polar surface area (TPSA) is 89.2 Å². The number of H-pyrrole nitrogens is 1. The van der Waals surface area contributed by atoms with Gasteiger partial charge in [0.05, 0.1) is 13.2 Å². The van der Waals surface area contributed by atoms with Crippen LogP contribution in [0, 0.1) is 0 Å². The van der Waals surface area contributed by atoms with Crippen LogP contribution in [0.3, 0.4) is 0 Å². The van der Waals surface area contributed by atoms with Crippen LogP contribution >= 0.6 is 0 Å². The van der Waals surface area contributed by atoms with E-state index in [1.54, 1.807) is 0 Å². The standard InChI is InChI=1S/C20H30F3N5O4S/c1-15-14-32-10-9-27(15)16-11-18(24-19(29)12-16)28-8-7-26(13-17(28)20(21,22)23)33(30,31)25-5-3-2-4-6-25/h11-12,15,17H,2-10,13-14H2,1H3,(H,24,29)/t15?,17-/m0/s1. The monoisotopic (exact) mass is 493 g/mol. The van der Waals surface area contributed by atoms with Gasteiger partial charge in [0.25, 0.3) is 15.8 Å². The van der Waals surface area contributed by atoms with Gasteiger partial charge < -0.3 is 19.5 Å². The summed E-state index contributed by atoms with van der Waals surface area (Å²) < 4.78 is 75.9. The van der Waals surface area contributed by atoms with Crippen LogP contribution in [0.25, 0.3) is 0 Å². The fourth-order valence-corrected chi connectivity index (χ4v) is 6.43. The summed E-state index contributed by atoms with van der Waals surface area (Å²) in [5.74, 6) is 0.0357. The van der Waals surface area contributed by atoms with E-state index >= 15 is 0 Å². The Labute approximate surface area is 191 Å². The molecule has 0 amide bonds. The maximum absolute atomic E-state index is 14.1. The molecule has 3 aliphatic heterocycles. The number of pyridine rings is 1. The highest BCUT2D eigenvalue weighted by Gasteiger charge is 2.49. The van der Waals surface area contributed by atoms with E-state index in [1.165, 1.54) is 16.4 Å². The van der Waals surface area contributed by atoms with Crippen molar-refractivity contribution in [2.75, 3.05) is 62.3 Å². The number of nitrogens with one attached hydrogen (secondary N) is 1. The van der Waals surface area contributed by atoms with Gasteiger partial charge in [-0.25, -0.2) is 0 Å². The third-order valence-electron chi connectivity index (χ3n) is 6.51. The first kappa shape index (κ1) is 24.3. The Morgan fingerprint density at radius 3 is 2.39 bits per heavy atom. The molecule has 1 aromatic rings. The highest BCUT2D eigenvalue weighted by atomic mass is 32.2. The first-order valence-electron chi connectivity index (χ1n) is 11.2. The van der Waals surface area contributed by atoms with Crippen LogP contribution in [0.5, 0.6) is 0 Å². The van der Waals surface area contributed by atoms with Gasteiger partial charge in [0.15, 0.2) is 0 Å². The Morgan fingerprint density at radius 1 is 1.00 bits per heavy atom. The number of aromatic amines is 1. The van der Waals surface area contributed by atoms with Crippen LogP contribution in [0.4, 0.5) is 24.7 Å².